The zero-order valence-electron chi connectivity index (χ0n) is 12.4. The quantitative estimate of drug-likeness (QED) is 0.683. The molecule has 0 aromatic heterocycles. The van der Waals surface area contributed by atoms with E-state index in [1.165, 1.54) is 42.5 Å². The van der Waals surface area contributed by atoms with Crippen LogP contribution in [0.1, 0.15) is 15.9 Å². The lowest BCUT2D eigenvalue weighted by Gasteiger charge is -2.09. The van der Waals surface area contributed by atoms with Crippen molar-refractivity contribution in [3.05, 3.63) is 63.7 Å². The van der Waals surface area contributed by atoms with Crippen LogP contribution in [0.2, 0.25) is 0 Å². The van der Waals surface area contributed by atoms with E-state index in [2.05, 4.69) is 5.32 Å². The van der Waals surface area contributed by atoms with Crippen LogP contribution in [-0.4, -0.2) is 25.5 Å². The van der Waals surface area contributed by atoms with Crippen LogP contribution in [0.25, 0.3) is 0 Å². The van der Waals surface area contributed by atoms with Gasteiger partial charge >= 0.3 is 0 Å². The SMILES string of the molecule is Cc1cc([N+](=O)[O-])ccc1NC(=O)c1cccc(S(C)(=O)=O)c1. The minimum Gasteiger partial charge on any atom is -0.322 e. The topological polar surface area (TPSA) is 106 Å². The summed E-state index contributed by atoms with van der Waals surface area (Å²) in [5.41, 5.74) is 1.07. The Hall–Kier alpha value is -2.74. The Morgan fingerprint density at radius 3 is 2.43 bits per heavy atom. The average Bonchev–Trinajstić information content (AvgIpc) is 2.48. The highest BCUT2D eigenvalue weighted by atomic mass is 32.2. The summed E-state index contributed by atoms with van der Waals surface area (Å²) in [7, 11) is -3.41. The molecular weight excluding hydrogens is 320 g/mol. The van der Waals surface area contributed by atoms with Crippen LogP contribution < -0.4 is 5.32 Å². The number of nitrogens with one attached hydrogen (secondary N) is 1. The van der Waals surface area contributed by atoms with Crippen LogP contribution in [0.5, 0.6) is 0 Å². The Balaban J connectivity index is 2.28. The van der Waals surface area contributed by atoms with Gasteiger partial charge in [-0.25, -0.2) is 8.42 Å². The molecule has 2 aromatic rings. The van der Waals surface area contributed by atoms with E-state index in [0.29, 0.717) is 11.3 Å². The summed E-state index contributed by atoms with van der Waals surface area (Å²) in [4.78, 5) is 22.5. The van der Waals surface area contributed by atoms with Gasteiger partial charge < -0.3 is 5.32 Å². The first-order valence-electron chi connectivity index (χ1n) is 6.55. The number of nitrogens with zero attached hydrogens (tertiary/aromatic N) is 1. The molecule has 0 spiro atoms. The van der Waals surface area contributed by atoms with Crippen molar-refractivity contribution in [3.8, 4) is 0 Å². The summed E-state index contributed by atoms with van der Waals surface area (Å²) in [6.45, 7) is 1.63. The van der Waals surface area contributed by atoms with E-state index < -0.39 is 20.7 Å². The molecule has 0 radical (unpaired) electrons. The number of hydrogen-bond donors (Lipinski definition) is 1. The molecule has 1 N–H and O–H groups in total. The van der Waals surface area contributed by atoms with E-state index in [-0.39, 0.29) is 16.1 Å². The monoisotopic (exact) mass is 334 g/mol. The van der Waals surface area contributed by atoms with Gasteiger partial charge in [-0.3, -0.25) is 14.9 Å². The van der Waals surface area contributed by atoms with Gasteiger partial charge in [0.1, 0.15) is 0 Å². The van der Waals surface area contributed by atoms with Crippen LogP contribution in [0, 0.1) is 17.0 Å². The molecule has 8 heteroatoms. The average molecular weight is 334 g/mol. The Morgan fingerprint density at radius 1 is 1.17 bits per heavy atom. The Bertz CT molecular complexity index is 890. The summed E-state index contributed by atoms with van der Waals surface area (Å²) < 4.78 is 23.1. The molecule has 0 unspecified atom stereocenters. The second kappa shape index (κ2) is 6.17. The second-order valence-electron chi connectivity index (χ2n) is 5.01. The number of sulfone groups is 1. The number of amides is 1. The van der Waals surface area contributed by atoms with Gasteiger partial charge in [0.25, 0.3) is 11.6 Å². The lowest BCUT2D eigenvalue weighted by atomic mass is 10.1. The van der Waals surface area contributed by atoms with Crippen LogP contribution in [0.15, 0.2) is 47.4 Å². The highest BCUT2D eigenvalue weighted by Crippen LogP contribution is 2.22. The van der Waals surface area contributed by atoms with Gasteiger partial charge in [-0.2, -0.15) is 0 Å². The van der Waals surface area contributed by atoms with Gasteiger partial charge in [-0.05, 0) is 36.8 Å². The maximum Gasteiger partial charge on any atom is 0.269 e. The molecular formula is C15H14N2O5S. The number of carbonyl (C=O) groups is 1. The van der Waals surface area contributed by atoms with Gasteiger partial charge in [-0.15, -0.1) is 0 Å². The molecule has 0 fully saturated rings. The number of hydrogen-bond acceptors (Lipinski definition) is 5. The molecule has 7 nitrogen and oxygen atoms in total. The lowest BCUT2D eigenvalue weighted by Crippen LogP contribution is -2.13. The highest BCUT2D eigenvalue weighted by Gasteiger charge is 2.14. The maximum atomic E-state index is 12.2. The molecule has 2 aromatic carbocycles. The van der Waals surface area contributed by atoms with E-state index in [0.717, 1.165) is 6.26 Å². The summed E-state index contributed by atoms with van der Waals surface area (Å²) in [6.07, 6.45) is 1.06. The predicted octanol–water partition coefficient (Wildman–Crippen LogP) is 2.56. The first-order chi connectivity index (χ1) is 10.7. The Kier molecular flexibility index (Phi) is 4.46. The molecule has 23 heavy (non-hydrogen) atoms. The van der Waals surface area contributed by atoms with E-state index in [4.69, 9.17) is 0 Å². The lowest BCUT2D eigenvalue weighted by molar-refractivity contribution is -0.384. The summed E-state index contributed by atoms with van der Waals surface area (Å²) in [5.74, 6) is -0.493. The minimum atomic E-state index is -3.41. The molecule has 0 atom stereocenters. The maximum absolute atomic E-state index is 12.2. The third-order valence-electron chi connectivity index (χ3n) is 3.19. The predicted molar refractivity (Wildman–Crippen MR) is 85.3 cm³/mol. The van der Waals surface area contributed by atoms with Crippen molar-refractivity contribution in [1.82, 2.24) is 0 Å². The fourth-order valence-corrected chi connectivity index (χ4v) is 2.63. The molecule has 2 rings (SSSR count). The summed E-state index contributed by atoms with van der Waals surface area (Å²) >= 11 is 0. The van der Waals surface area contributed by atoms with Crippen LogP contribution in [0.4, 0.5) is 11.4 Å². The van der Waals surface area contributed by atoms with Crippen LogP contribution in [0.3, 0.4) is 0 Å². The van der Waals surface area contributed by atoms with Gasteiger partial charge in [-0.1, -0.05) is 6.07 Å². The Labute approximate surface area is 133 Å². The van der Waals surface area contributed by atoms with Crippen molar-refractivity contribution in [1.29, 1.82) is 0 Å². The van der Waals surface area contributed by atoms with Crippen molar-refractivity contribution in [2.75, 3.05) is 11.6 Å². The van der Waals surface area contributed by atoms with Crippen LogP contribution in [-0.2, 0) is 9.84 Å². The van der Waals surface area contributed by atoms with Gasteiger partial charge in [0, 0.05) is 29.6 Å². The number of aryl methyl sites for hydroxylation is 1. The largest absolute Gasteiger partial charge is 0.322 e. The molecule has 0 bridgehead atoms. The third-order valence-corrected chi connectivity index (χ3v) is 4.30. The summed E-state index contributed by atoms with van der Waals surface area (Å²) in [6, 6.07) is 9.73. The number of benzene rings is 2. The molecule has 1 amide bonds. The Morgan fingerprint density at radius 2 is 1.87 bits per heavy atom. The first-order valence-corrected chi connectivity index (χ1v) is 8.44. The number of anilines is 1. The fraction of sp³-hybridized carbons (Fsp3) is 0.133. The zero-order valence-corrected chi connectivity index (χ0v) is 13.3. The second-order valence-corrected chi connectivity index (χ2v) is 7.03. The zero-order chi connectivity index (χ0) is 17.2. The molecule has 0 aliphatic carbocycles. The van der Waals surface area contributed by atoms with Gasteiger partial charge in [0.15, 0.2) is 9.84 Å². The number of non-ortho nitro benzene ring substituents is 1. The number of carbonyl (C=O) groups excluding carboxylic acids is 1. The fourth-order valence-electron chi connectivity index (χ4n) is 1.96. The van der Waals surface area contributed by atoms with E-state index in [1.54, 1.807) is 6.92 Å². The summed E-state index contributed by atoms with van der Waals surface area (Å²) in [5, 5.41) is 13.3. The molecule has 0 saturated carbocycles. The number of nitro benzene ring substituents is 1. The molecule has 0 saturated heterocycles. The highest BCUT2D eigenvalue weighted by molar-refractivity contribution is 7.90. The van der Waals surface area contributed by atoms with Crippen LogP contribution >= 0.6 is 0 Å². The van der Waals surface area contributed by atoms with Crippen molar-refractivity contribution >= 4 is 27.1 Å². The molecule has 0 heterocycles. The van der Waals surface area contributed by atoms with E-state index in [1.807, 2.05) is 0 Å². The number of nitro groups is 1. The van der Waals surface area contributed by atoms with Crippen molar-refractivity contribution in [2.24, 2.45) is 0 Å². The third kappa shape index (κ3) is 3.92. The van der Waals surface area contributed by atoms with Gasteiger partial charge in [0.05, 0.1) is 9.82 Å². The molecule has 0 aliphatic rings. The minimum absolute atomic E-state index is 0.0468. The van der Waals surface area contributed by atoms with E-state index >= 15 is 0 Å². The normalized spacial score (nSPS) is 11.0. The van der Waals surface area contributed by atoms with Crippen molar-refractivity contribution in [2.45, 2.75) is 11.8 Å². The van der Waals surface area contributed by atoms with Crippen molar-refractivity contribution < 1.29 is 18.1 Å². The first kappa shape index (κ1) is 16.6. The smallest absolute Gasteiger partial charge is 0.269 e. The molecule has 0 aliphatic heterocycles. The van der Waals surface area contributed by atoms with E-state index in [9.17, 15) is 23.3 Å². The number of rotatable bonds is 4. The molecule has 120 valence electrons. The van der Waals surface area contributed by atoms with Crippen molar-refractivity contribution in [3.63, 3.8) is 0 Å². The van der Waals surface area contributed by atoms with Gasteiger partial charge in [0.2, 0.25) is 0 Å². The standard InChI is InChI=1S/C15H14N2O5S/c1-10-8-12(17(19)20)6-7-14(10)16-15(18)11-4-3-5-13(9-11)23(2,21)22/h3-9H,1-2H3,(H,16,18).